The molecule has 1 amide bonds. The Balaban J connectivity index is 2.68. The molecular weight excluding hydrogens is 268 g/mol. The number of carbonyl (C=O) groups is 2. The number of carboxylic acid groups (broad SMARTS) is 1. The highest BCUT2D eigenvalue weighted by Gasteiger charge is 2.21. The Hall–Kier alpha value is -1.70. The predicted molar refractivity (Wildman–Crippen MR) is 60.4 cm³/mol. The molecule has 0 aliphatic carbocycles. The van der Waals surface area contributed by atoms with Crippen LogP contribution in [0.5, 0.6) is 5.75 Å². The summed E-state index contributed by atoms with van der Waals surface area (Å²) < 4.78 is 29.9. The van der Waals surface area contributed by atoms with Crippen molar-refractivity contribution in [3.8, 4) is 5.75 Å². The molecule has 0 unspecified atom stereocenters. The van der Waals surface area contributed by atoms with Crippen molar-refractivity contribution in [3.63, 3.8) is 0 Å². The van der Waals surface area contributed by atoms with Crippen molar-refractivity contribution in [2.45, 2.75) is 13.3 Å². The number of amides is 1. The molecule has 0 saturated heterocycles. The summed E-state index contributed by atoms with van der Waals surface area (Å²) in [6.07, 6.45) is -2.74. The quantitative estimate of drug-likeness (QED) is 0.780. The van der Waals surface area contributed by atoms with Crippen LogP contribution in [0.25, 0.3) is 0 Å². The molecule has 8 heteroatoms. The number of thiophene rings is 1. The van der Waals surface area contributed by atoms with Crippen molar-refractivity contribution in [1.82, 2.24) is 5.32 Å². The summed E-state index contributed by atoms with van der Waals surface area (Å²) in [6.45, 7) is 1.51. The van der Waals surface area contributed by atoms with Crippen LogP contribution >= 0.6 is 11.3 Å². The maximum Gasteiger partial charge on any atom is 0.349 e. The maximum atomic E-state index is 12.4. The van der Waals surface area contributed by atoms with Crippen molar-refractivity contribution in [3.05, 3.63) is 15.8 Å². The summed E-state index contributed by atoms with van der Waals surface area (Å²) in [7, 11) is 0. The molecule has 0 aromatic carbocycles. The van der Waals surface area contributed by atoms with E-state index in [1.165, 1.54) is 6.92 Å². The maximum absolute atomic E-state index is 12.4. The van der Waals surface area contributed by atoms with Gasteiger partial charge in [-0.3, -0.25) is 4.79 Å². The van der Waals surface area contributed by atoms with Crippen LogP contribution in [0.3, 0.4) is 0 Å². The van der Waals surface area contributed by atoms with Gasteiger partial charge >= 0.3 is 5.97 Å². The molecule has 0 aliphatic rings. The SMILES string of the molecule is CC(=O)NCCOc1cc(C(F)F)sc1C(=O)O. The fourth-order valence-electron chi connectivity index (χ4n) is 1.14. The third kappa shape index (κ3) is 3.95. The molecule has 0 fully saturated rings. The third-order valence-corrected chi connectivity index (χ3v) is 2.97. The average molecular weight is 279 g/mol. The lowest BCUT2D eigenvalue weighted by atomic mass is 10.4. The molecule has 2 N–H and O–H groups in total. The number of rotatable bonds is 6. The Bertz CT molecular complexity index is 447. The van der Waals surface area contributed by atoms with Gasteiger partial charge in [-0.1, -0.05) is 0 Å². The molecule has 18 heavy (non-hydrogen) atoms. The second-order valence-electron chi connectivity index (χ2n) is 3.28. The fraction of sp³-hybridized carbons (Fsp3) is 0.400. The number of nitrogens with one attached hydrogen (secondary N) is 1. The van der Waals surface area contributed by atoms with Gasteiger partial charge in [-0.05, 0) is 0 Å². The number of alkyl halides is 2. The lowest BCUT2D eigenvalue weighted by Crippen LogP contribution is -2.25. The molecule has 0 aliphatic heterocycles. The number of hydrogen-bond acceptors (Lipinski definition) is 4. The first-order chi connectivity index (χ1) is 8.41. The van der Waals surface area contributed by atoms with Crippen LogP contribution < -0.4 is 10.1 Å². The highest BCUT2D eigenvalue weighted by molar-refractivity contribution is 7.14. The Labute approximate surface area is 105 Å². The van der Waals surface area contributed by atoms with E-state index in [-0.39, 0.29) is 34.6 Å². The molecule has 1 aromatic heterocycles. The standard InChI is InChI=1S/C10H11F2NO4S/c1-5(14)13-2-3-17-6-4-7(9(11)12)18-8(6)10(15)16/h4,9H,2-3H2,1H3,(H,13,14)(H,15,16). The lowest BCUT2D eigenvalue weighted by molar-refractivity contribution is -0.119. The summed E-state index contributed by atoms with van der Waals surface area (Å²) >= 11 is 0.478. The summed E-state index contributed by atoms with van der Waals surface area (Å²) in [6, 6.07) is 1.01. The first kappa shape index (κ1) is 14.4. The minimum Gasteiger partial charge on any atom is -0.490 e. The van der Waals surface area contributed by atoms with Gasteiger partial charge in [-0.15, -0.1) is 11.3 Å². The van der Waals surface area contributed by atoms with Crippen LogP contribution in [-0.4, -0.2) is 30.1 Å². The Morgan fingerprint density at radius 3 is 2.72 bits per heavy atom. The number of aromatic carboxylic acids is 1. The monoisotopic (exact) mass is 279 g/mol. The van der Waals surface area contributed by atoms with Crippen LogP contribution in [0.4, 0.5) is 8.78 Å². The third-order valence-electron chi connectivity index (χ3n) is 1.86. The molecule has 0 bridgehead atoms. The average Bonchev–Trinajstić information content (AvgIpc) is 2.68. The van der Waals surface area contributed by atoms with Crippen molar-refractivity contribution in [2.24, 2.45) is 0 Å². The normalized spacial score (nSPS) is 10.4. The fourth-order valence-corrected chi connectivity index (χ4v) is 1.94. The van der Waals surface area contributed by atoms with Crippen LogP contribution in [0.15, 0.2) is 6.07 Å². The second kappa shape index (κ2) is 6.29. The van der Waals surface area contributed by atoms with Gasteiger partial charge in [0.1, 0.15) is 12.4 Å². The minimum absolute atomic E-state index is 0.0132. The molecule has 1 heterocycles. The van der Waals surface area contributed by atoms with E-state index in [1.807, 2.05) is 0 Å². The van der Waals surface area contributed by atoms with Crippen molar-refractivity contribution in [1.29, 1.82) is 0 Å². The molecule has 1 rings (SSSR count). The van der Waals surface area contributed by atoms with E-state index in [1.54, 1.807) is 0 Å². The van der Waals surface area contributed by atoms with Gasteiger partial charge in [-0.2, -0.15) is 0 Å². The molecule has 0 saturated carbocycles. The highest BCUT2D eigenvalue weighted by atomic mass is 32.1. The van der Waals surface area contributed by atoms with Crippen LogP contribution in [-0.2, 0) is 4.79 Å². The molecular formula is C10H11F2NO4S. The van der Waals surface area contributed by atoms with Gasteiger partial charge in [0, 0.05) is 13.0 Å². The number of carbonyl (C=O) groups excluding carboxylic acids is 1. The zero-order chi connectivity index (χ0) is 13.7. The van der Waals surface area contributed by atoms with Gasteiger partial charge in [0.2, 0.25) is 5.91 Å². The first-order valence-corrected chi connectivity index (χ1v) is 5.76. The van der Waals surface area contributed by atoms with Crippen LogP contribution in [0.2, 0.25) is 0 Å². The zero-order valence-corrected chi connectivity index (χ0v) is 10.2. The van der Waals surface area contributed by atoms with Gasteiger partial charge < -0.3 is 15.2 Å². The van der Waals surface area contributed by atoms with E-state index < -0.39 is 12.4 Å². The van der Waals surface area contributed by atoms with Crippen molar-refractivity contribution >= 4 is 23.2 Å². The van der Waals surface area contributed by atoms with E-state index in [0.29, 0.717) is 11.3 Å². The van der Waals surface area contributed by atoms with Gasteiger partial charge in [0.25, 0.3) is 6.43 Å². The van der Waals surface area contributed by atoms with Crippen LogP contribution in [0.1, 0.15) is 27.9 Å². The van der Waals surface area contributed by atoms with E-state index >= 15 is 0 Å². The molecule has 100 valence electrons. The summed E-state index contributed by atoms with van der Waals surface area (Å²) in [5, 5.41) is 11.3. The molecule has 1 aromatic rings. The Kier molecular flexibility index (Phi) is 5.02. The van der Waals surface area contributed by atoms with Crippen molar-refractivity contribution in [2.75, 3.05) is 13.2 Å². The molecule has 5 nitrogen and oxygen atoms in total. The second-order valence-corrected chi connectivity index (χ2v) is 4.36. The molecule has 0 atom stereocenters. The largest absolute Gasteiger partial charge is 0.490 e. The Morgan fingerprint density at radius 1 is 1.56 bits per heavy atom. The van der Waals surface area contributed by atoms with Gasteiger partial charge in [0.15, 0.2) is 4.88 Å². The first-order valence-electron chi connectivity index (χ1n) is 4.94. The van der Waals surface area contributed by atoms with E-state index in [4.69, 9.17) is 9.84 Å². The van der Waals surface area contributed by atoms with Crippen LogP contribution in [0, 0.1) is 0 Å². The molecule has 0 spiro atoms. The summed E-state index contributed by atoms with van der Waals surface area (Å²) in [4.78, 5) is 20.8. The predicted octanol–water partition coefficient (Wildman–Crippen LogP) is 1.90. The summed E-state index contributed by atoms with van der Waals surface area (Å²) in [5.41, 5.74) is 0. The Morgan fingerprint density at radius 2 is 2.22 bits per heavy atom. The van der Waals surface area contributed by atoms with Gasteiger partial charge in [-0.25, -0.2) is 13.6 Å². The lowest BCUT2D eigenvalue weighted by Gasteiger charge is -2.05. The van der Waals surface area contributed by atoms with E-state index in [9.17, 15) is 18.4 Å². The van der Waals surface area contributed by atoms with E-state index in [0.717, 1.165) is 6.07 Å². The number of halogens is 2. The number of hydrogen-bond donors (Lipinski definition) is 2. The minimum atomic E-state index is -2.74. The topological polar surface area (TPSA) is 75.6 Å². The number of ether oxygens (including phenoxy) is 1. The highest BCUT2D eigenvalue weighted by Crippen LogP contribution is 2.35. The number of carboxylic acids is 1. The van der Waals surface area contributed by atoms with E-state index in [2.05, 4.69) is 5.32 Å². The van der Waals surface area contributed by atoms with Gasteiger partial charge in [0.05, 0.1) is 11.4 Å². The van der Waals surface area contributed by atoms with Crippen molar-refractivity contribution < 1.29 is 28.2 Å². The summed E-state index contributed by atoms with van der Waals surface area (Å²) in [5.74, 6) is -1.68. The smallest absolute Gasteiger partial charge is 0.349 e. The zero-order valence-electron chi connectivity index (χ0n) is 9.41. The molecule has 0 radical (unpaired) electrons.